The van der Waals surface area contributed by atoms with Crippen LogP contribution in [0.3, 0.4) is 0 Å². The summed E-state index contributed by atoms with van der Waals surface area (Å²) in [5, 5.41) is 0. The van der Waals surface area contributed by atoms with Crippen molar-refractivity contribution in [2.75, 3.05) is 14.2 Å². The largest absolute Gasteiger partial charge is 0.496 e. The lowest BCUT2D eigenvalue weighted by molar-refractivity contribution is 0.0943. The first-order valence-electron chi connectivity index (χ1n) is 5.17. The molecule has 1 aromatic rings. The van der Waals surface area contributed by atoms with Crippen molar-refractivity contribution in [2.24, 2.45) is 5.73 Å². The third-order valence-corrected chi connectivity index (χ3v) is 2.90. The molecule has 86 valence electrons. The monoisotopic (exact) mass is 221 g/mol. The van der Waals surface area contributed by atoms with Gasteiger partial charge in [-0.05, 0) is 25.0 Å². The molecule has 0 bridgehead atoms. The number of carbonyl (C=O) groups is 1. The highest BCUT2D eigenvalue weighted by Crippen LogP contribution is 2.40. The lowest BCUT2D eigenvalue weighted by Crippen LogP contribution is -2.33. The maximum Gasteiger partial charge on any atom is 0.190 e. The van der Waals surface area contributed by atoms with Gasteiger partial charge in [0.1, 0.15) is 17.1 Å². The highest BCUT2D eigenvalue weighted by molar-refractivity contribution is 6.09. The van der Waals surface area contributed by atoms with E-state index in [1.165, 1.54) is 14.2 Å². The molecule has 0 saturated heterocycles. The molecule has 2 rings (SSSR count). The molecule has 0 spiro atoms. The van der Waals surface area contributed by atoms with Crippen molar-refractivity contribution >= 4 is 5.78 Å². The van der Waals surface area contributed by atoms with E-state index >= 15 is 0 Å². The molecular weight excluding hydrogens is 206 g/mol. The van der Waals surface area contributed by atoms with E-state index in [0.717, 1.165) is 12.8 Å². The Bertz CT molecular complexity index is 402. The summed E-state index contributed by atoms with van der Waals surface area (Å²) in [6, 6.07) is 5.26. The van der Waals surface area contributed by atoms with Crippen LogP contribution in [0.2, 0.25) is 0 Å². The third kappa shape index (κ3) is 1.65. The molecule has 0 radical (unpaired) electrons. The lowest BCUT2D eigenvalue weighted by Gasteiger charge is -2.14. The second kappa shape index (κ2) is 3.79. The van der Waals surface area contributed by atoms with Crippen molar-refractivity contribution in [3.63, 3.8) is 0 Å². The number of Topliss-reactive ketones (excluding diaryl/α,β-unsaturated/α-hetero) is 1. The van der Waals surface area contributed by atoms with Crippen LogP contribution in [0.15, 0.2) is 18.2 Å². The predicted octanol–water partition coefficient (Wildman–Crippen LogP) is 1.38. The molecule has 0 atom stereocenters. The summed E-state index contributed by atoms with van der Waals surface area (Å²) in [6.07, 6.45) is 1.46. The van der Waals surface area contributed by atoms with Crippen LogP contribution in [0, 0.1) is 0 Å². The molecule has 0 aliphatic heterocycles. The standard InChI is InChI=1S/C12H15NO3/c1-15-8-4-3-5-9(16-2)10(8)11(14)12(13)6-7-12/h3-5H,6-7,13H2,1-2H3. The van der Waals surface area contributed by atoms with Crippen molar-refractivity contribution < 1.29 is 14.3 Å². The number of hydrogen-bond acceptors (Lipinski definition) is 4. The predicted molar refractivity (Wildman–Crippen MR) is 60.0 cm³/mol. The first-order chi connectivity index (χ1) is 7.62. The summed E-state index contributed by atoms with van der Waals surface area (Å²) in [6.45, 7) is 0. The van der Waals surface area contributed by atoms with Crippen LogP contribution in [-0.2, 0) is 0 Å². The average Bonchev–Trinajstić information content (AvgIpc) is 3.06. The Morgan fingerprint density at radius 2 is 1.75 bits per heavy atom. The number of ether oxygens (including phenoxy) is 2. The number of benzene rings is 1. The summed E-state index contributed by atoms with van der Waals surface area (Å²) in [5.41, 5.74) is 5.65. The Kier molecular flexibility index (Phi) is 2.59. The molecule has 0 amide bonds. The molecule has 4 nitrogen and oxygen atoms in total. The summed E-state index contributed by atoms with van der Waals surface area (Å²) >= 11 is 0. The molecule has 0 unspecified atom stereocenters. The van der Waals surface area contributed by atoms with Crippen LogP contribution in [0.4, 0.5) is 0 Å². The molecule has 1 saturated carbocycles. The van der Waals surface area contributed by atoms with E-state index in [-0.39, 0.29) is 5.78 Å². The maximum absolute atomic E-state index is 12.2. The lowest BCUT2D eigenvalue weighted by atomic mass is 10.0. The molecule has 2 N–H and O–H groups in total. The number of nitrogens with two attached hydrogens (primary N) is 1. The van der Waals surface area contributed by atoms with Crippen LogP contribution >= 0.6 is 0 Å². The molecule has 1 aromatic carbocycles. The zero-order valence-electron chi connectivity index (χ0n) is 9.45. The van der Waals surface area contributed by atoms with E-state index in [2.05, 4.69) is 0 Å². The average molecular weight is 221 g/mol. The van der Waals surface area contributed by atoms with Gasteiger partial charge in [-0.25, -0.2) is 0 Å². The number of methoxy groups -OCH3 is 2. The second-order valence-electron chi connectivity index (χ2n) is 4.02. The van der Waals surface area contributed by atoms with Crippen LogP contribution in [0.1, 0.15) is 23.2 Å². The van der Waals surface area contributed by atoms with Crippen molar-refractivity contribution in [2.45, 2.75) is 18.4 Å². The first-order valence-corrected chi connectivity index (χ1v) is 5.17. The van der Waals surface area contributed by atoms with Crippen LogP contribution in [0.5, 0.6) is 11.5 Å². The van der Waals surface area contributed by atoms with Gasteiger partial charge in [-0.15, -0.1) is 0 Å². The molecule has 0 aromatic heterocycles. The van der Waals surface area contributed by atoms with Crippen molar-refractivity contribution in [1.29, 1.82) is 0 Å². The van der Waals surface area contributed by atoms with Gasteiger partial charge in [0.25, 0.3) is 0 Å². The highest BCUT2D eigenvalue weighted by atomic mass is 16.5. The van der Waals surface area contributed by atoms with Gasteiger partial charge >= 0.3 is 0 Å². The van der Waals surface area contributed by atoms with Gasteiger partial charge in [0.15, 0.2) is 5.78 Å². The Morgan fingerprint density at radius 3 is 2.12 bits per heavy atom. The molecule has 0 heterocycles. The molecule has 1 aliphatic rings. The quantitative estimate of drug-likeness (QED) is 0.780. The van der Waals surface area contributed by atoms with Gasteiger partial charge < -0.3 is 15.2 Å². The summed E-state index contributed by atoms with van der Waals surface area (Å²) in [4.78, 5) is 12.2. The number of rotatable bonds is 4. The molecule has 4 heteroatoms. The van der Waals surface area contributed by atoms with E-state index in [1.54, 1.807) is 18.2 Å². The number of hydrogen-bond donors (Lipinski definition) is 1. The first kappa shape index (κ1) is 11.0. The molecule has 1 fully saturated rings. The number of carbonyl (C=O) groups excluding carboxylic acids is 1. The molecule has 16 heavy (non-hydrogen) atoms. The van der Waals surface area contributed by atoms with E-state index in [1.807, 2.05) is 0 Å². The smallest absolute Gasteiger partial charge is 0.190 e. The third-order valence-electron chi connectivity index (χ3n) is 2.90. The van der Waals surface area contributed by atoms with Gasteiger partial charge in [0.05, 0.1) is 19.8 Å². The minimum atomic E-state index is -0.706. The minimum Gasteiger partial charge on any atom is -0.496 e. The zero-order valence-corrected chi connectivity index (χ0v) is 9.45. The summed E-state index contributed by atoms with van der Waals surface area (Å²) < 4.78 is 10.4. The fourth-order valence-corrected chi connectivity index (χ4v) is 1.69. The topological polar surface area (TPSA) is 61.5 Å². The Hall–Kier alpha value is -1.55. The zero-order chi connectivity index (χ0) is 11.8. The van der Waals surface area contributed by atoms with E-state index < -0.39 is 5.54 Å². The summed E-state index contributed by atoms with van der Waals surface area (Å²) in [7, 11) is 3.06. The molecular formula is C12H15NO3. The number of ketones is 1. The van der Waals surface area contributed by atoms with Gasteiger partial charge in [0.2, 0.25) is 0 Å². The Morgan fingerprint density at radius 1 is 1.25 bits per heavy atom. The van der Waals surface area contributed by atoms with E-state index in [0.29, 0.717) is 17.1 Å². The van der Waals surface area contributed by atoms with Crippen molar-refractivity contribution in [1.82, 2.24) is 0 Å². The van der Waals surface area contributed by atoms with E-state index in [9.17, 15) is 4.79 Å². The SMILES string of the molecule is COc1cccc(OC)c1C(=O)C1(N)CC1. The van der Waals surface area contributed by atoms with Crippen LogP contribution < -0.4 is 15.2 Å². The van der Waals surface area contributed by atoms with Gasteiger partial charge in [-0.3, -0.25) is 4.79 Å². The fourth-order valence-electron chi connectivity index (χ4n) is 1.69. The second-order valence-corrected chi connectivity index (χ2v) is 4.02. The van der Waals surface area contributed by atoms with Crippen LogP contribution in [-0.4, -0.2) is 25.5 Å². The molecule has 1 aliphatic carbocycles. The minimum absolute atomic E-state index is 0.0956. The van der Waals surface area contributed by atoms with Crippen LogP contribution in [0.25, 0.3) is 0 Å². The Labute approximate surface area is 94.3 Å². The van der Waals surface area contributed by atoms with Gasteiger partial charge in [0, 0.05) is 0 Å². The summed E-state index contributed by atoms with van der Waals surface area (Å²) in [5.74, 6) is 0.934. The maximum atomic E-state index is 12.2. The highest BCUT2D eigenvalue weighted by Gasteiger charge is 2.47. The van der Waals surface area contributed by atoms with Crippen molar-refractivity contribution in [3.05, 3.63) is 23.8 Å². The fraction of sp³-hybridized carbons (Fsp3) is 0.417. The normalized spacial score (nSPS) is 16.7. The van der Waals surface area contributed by atoms with Crippen molar-refractivity contribution in [3.8, 4) is 11.5 Å². The van der Waals surface area contributed by atoms with Gasteiger partial charge in [-0.2, -0.15) is 0 Å². The van der Waals surface area contributed by atoms with E-state index in [4.69, 9.17) is 15.2 Å². The Balaban J connectivity index is 2.48. The van der Waals surface area contributed by atoms with Gasteiger partial charge in [-0.1, -0.05) is 6.07 Å².